The van der Waals surface area contributed by atoms with Crippen LogP contribution in [-0.4, -0.2) is 42.2 Å². The molecule has 0 spiro atoms. The summed E-state index contributed by atoms with van der Waals surface area (Å²) in [5.74, 6) is 1.27. The Morgan fingerprint density at radius 3 is 2.64 bits per heavy atom. The second-order valence-electron chi connectivity index (χ2n) is 7.67. The molecule has 0 aromatic carbocycles. The summed E-state index contributed by atoms with van der Waals surface area (Å²) >= 11 is 0. The summed E-state index contributed by atoms with van der Waals surface area (Å²) in [5.41, 5.74) is 9.97. The molecule has 3 aliphatic heterocycles. The van der Waals surface area contributed by atoms with Crippen molar-refractivity contribution in [2.45, 2.75) is 39.9 Å². The van der Waals surface area contributed by atoms with E-state index in [-0.39, 0.29) is 18.1 Å². The van der Waals surface area contributed by atoms with Crippen LogP contribution in [0.3, 0.4) is 0 Å². The van der Waals surface area contributed by atoms with E-state index in [0.29, 0.717) is 11.7 Å². The molecule has 7 nitrogen and oxygen atoms in total. The van der Waals surface area contributed by atoms with Gasteiger partial charge in [0.2, 0.25) is 0 Å². The third-order valence-corrected chi connectivity index (χ3v) is 4.81. The van der Waals surface area contributed by atoms with E-state index < -0.39 is 0 Å². The van der Waals surface area contributed by atoms with Gasteiger partial charge in [-0.1, -0.05) is 13.8 Å². The van der Waals surface area contributed by atoms with Crippen molar-refractivity contribution >= 4 is 12.1 Å². The molecule has 1 saturated heterocycles. The van der Waals surface area contributed by atoms with Crippen molar-refractivity contribution in [1.82, 2.24) is 15.5 Å². The van der Waals surface area contributed by atoms with Gasteiger partial charge in [-0.05, 0) is 49.6 Å². The minimum absolute atomic E-state index is 0.204. The molecule has 0 amide bonds. The maximum Gasteiger partial charge on any atom is 0.132 e. The summed E-state index contributed by atoms with van der Waals surface area (Å²) < 4.78 is 5.83. The van der Waals surface area contributed by atoms with Gasteiger partial charge in [-0.15, -0.1) is 0 Å². The van der Waals surface area contributed by atoms with Gasteiger partial charge >= 0.3 is 0 Å². The van der Waals surface area contributed by atoms with Crippen LogP contribution in [0, 0.1) is 11.3 Å². The predicted octanol–water partition coefficient (Wildman–Crippen LogP) is 2.34. The van der Waals surface area contributed by atoms with E-state index in [1.807, 2.05) is 32.2 Å². The van der Waals surface area contributed by atoms with E-state index in [1.165, 1.54) is 6.21 Å². The highest BCUT2D eigenvalue weighted by Crippen LogP contribution is 2.24. The quantitative estimate of drug-likeness (QED) is 0.432. The van der Waals surface area contributed by atoms with Gasteiger partial charge in [0.15, 0.2) is 0 Å². The summed E-state index contributed by atoms with van der Waals surface area (Å²) in [6.07, 6.45) is 11.5. The summed E-state index contributed by atoms with van der Waals surface area (Å²) in [4.78, 5) is 6.79. The van der Waals surface area contributed by atoms with Crippen LogP contribution in [0.25, 0.3) is 0 Å². The van der Waals surface area contributed by atoms with E-state index in [4.69, 9.17) is 15.9 Å². The molecule has 0 saturated carbocycles. The highest BCUT2D eigenvalue weighted by molar-refractivity contribution is 5.97. The Balaban J connectivity index is 1.75. The van der Waals surface area contributed by atoms with E-state index in [2.05, 4.69) is 40.4 Å². The maximum absolute atomic E-state index is 7.49. The van der Waals surface area contributed by atoms with Crippen molar-refractivity contribution in [3.63, 3.8) is 0 Å². The number of ether oxygens (including phenoxy) is 1. The lowest BCUT2D eigenvalue weighted by molar-refractivity contribution is -0.0569. The van der Waals surface area contributed by atoms with Gasteiger partial charge in [0, 0.05) is 25.5 Å². The smallest absolute Gasteiger partial charge is 0.132 e. The standard InChI is InChI=1S/C21H30N6O/c1-13(2)16(9-22)7-20(23)26-21-6-5-18-19(25-21)8-17(10-24-18)27-11-14(3)28-15(4)12-27/h5-10,13-15,22,24-25H,11-12H2,1-4H3,(H2,23,26). The Morgan fingerprint density at radius 1 is 1.29 bits per heavy atom. The zero-order valence-electron chi connectivity index (χ0n) is 17.0. The lowest BCUT2D eigenvalue weighted by atomic mass is 10.0. The summed E-state index contributed by atoms with van der Waals surface area (Å²) in [6.45, 7) is 9.97. The Hall–Kier alpha value is -2.80. The van der Waals surface area contributed by atoms with E-state index in [9.17, 15) is 0 Å². The van der Waals surface area contributed by atoms with Crippen LogP contribution in [0.15, 0.2) is 64.0 Å². The number of hydrogen-bond donors (Lipinski definition) is 4. The van der Waals surface area contributed by atoms with Gasteiger partial charge in [0.1, 0.15) is 11.7 Å². The maximum atomic E-state index is 7.49. The van der Waals surface area contributed by atoms with Crippen molar-refractivity contribution < 1.29 is 4.74 Å². The number of nitrogens with two attached hydrogens (primary N) is 1. The number of dihydropyridines is 2. The molecule has 28 heavy (non-hydrogen) atoms. The normalized spacial score (nSPS) is 25.7. The van der Waals surface area contributed by atoms with Gasteiger partial charge in [0.25, 0.3) is 0 Å². The monoisotopic (exact) mass is 382 g/mol. The molecule has 5 N–H and O–H groups in total. The van der Waals surface area contributed by atoms with Crippen LogP contribution < -0.4 is 16.4 Å². The summed E-state index contributed by atoms with van der Waals surface area (Å²) in [7, 11) is 0. The third kappa shape index (κ3) is 4.72. The molecule has 3 heterocycles. The molecule has 3 rings (SSSR count). The summed E-state index contributed by atoms with van der Waals surface area (Å²) in [5, 5.41) is 14.2. The molecular formula is C21H30N6O. The first-order chi connectivity index (χ1) is 13.4. The Labute approximate surface area is 166 Å². The highest BCUT2D eigenvalue weighted by Gasteiger charge is 2.25. The number of morpholine rings is 1. The first-order valence-electron chi connectivity index (χ1n) is 9.70. The minimum atomic E-state index is 0.204. The Kier molecular flexibility index (Phi) is 6.04. The Bertz CT molecular complexity index is 805. The van der Waals surface area contributed by atoms with E-state index in [0.717, 1.165) is 35.8 Å². The molecule has 2 atom stereocenters. The molecule has 0 radical (unpaired) electrons. The van der Waals surface area contributed by atoms with Crippen LogP contribution in [-0.2, 0) is 4.74 Å². The van der Waals surface area contributed by atoms with Crippen LogP contribution in [0.5, 0.6) is 0 Å². The van der Waals surface area contributed by atoms with Crippen molar-refractivity contribution in [3.8, 4) is 0 Å². The molecule has 1 fully saturated rings. The third-order valence-electron chi connectivity index (χ3n) is 4.81. The molecule has 0 aromatic heterocycles. The fourth-order valence-corrected chi connectivity index (χ4v) is 3.43. The molecular weight excluding hydrogens is 352 g/mol. The summed E-state index contributed by atoms with van der Waals surface area (Å²) in [6, 6.07) is 0. The fourth-order valence-electron chi connectivity index (χ4n) is 3.43. The van der Waals surface area contributed by atoms with Gasteiger partial charge in [-0.25, -0.2) is 4.99 Å². The molecule has 0 bridgehead atoms. The topological polar surface area (TPSA) is 98.8 Å². The fraction of sp³-hybridized carbons (Fsp3) is 0.429. The van der Waals surface area contributed by atoms with Crippen LogP contribution in [0.4, 0.5) is 0 Å². The molecule has 150 valence electrons. The van der Waals surface area contributed by atoms with Gasteiger partial charge in [-0.3, -0.25) is 0 Å². The zero-order chi connectivity index (χ0) is 20.3. The van der Waals surface area contributed by atoms with Gasteiger partial charge in [0.05, 0.1) is 29.3 Å². The molecule has 0 aliphatic carbocycles. The molecule has 2 unspecified atom stereocenters. The first-order valence-corrected chi connectivity index (χ1v) is 9.70. The van der Waals surface area contributed by atoms with Crippen molar-refractivity contribution in [3.05, 3.63) is 59.0 Å². The molecule has 7 heteroatoms. The average molecular weight is 383 g/mol. The molecule has 3 aliphatic rings. The van der Waals surface area contributed by atoms with Gasteiger partial charge < -0.3 is 31.4 Å². The van der Waals surface area contributed by atoms with Gasteiger partial charge in [-0.2, -0.15) is 0 Å². The number of hydrogen-bond acceptors (Lipinski definition) is 6. The number of nitrogens with zero attached hydrogens (tertiary/aromatic N) is 2. The average Bonchev–Trinajstić information content (AvgIpc) is 2.64. The number of fused-ring (bicyclic) bond motifs is 1. The first kappa shape index (κ1) is 19.9. The van der Waals surface area contributed by atoms with E-state index in [1.54, 1.807) is 6.08 Å². The van der Waals surface area contributed by atoms with Crippen molar-refractivity contribution in [1.29, 1.82) is 5.41 Å². The minimum Gasteiger partial charge on any atom is -0.384 e. The van der Waals surface area contributed by atoms with E-state index >= 15 is 0 Å². The van der Waals surface area contributed by atoms with Crippen LogP contribution in [0.2, 0.25) is 0 Å². The number of amidine groups is 1. The number of aliphatic imine (C=N–C) groups is 1. The largest absolute Gasteiger partial charge is 0.384 e. The number of rotatable bonds is 5. The second kappa shape index (κ2) is 8.48. The SMILES string of the molecule is CC1CN(C2=CNC3=CC=C(N=C(N)C=C(C=N)C(C)C)NC3=C2)CC(C)O1. The molecule has 0 aromatic rings. The number of allylic oxidation sites excluding steroid dienone is 4. The zero-order valence-corrected chi connectivity index (χ0v) is 17.0. The van der Waals surface area contributed by atoms with Crippen molar-refractivity contribution in [2.75, 3.05) is 13.1 Å². The second-order valence-corrected chi connectivity index (χ2v) is 7.67. The highest BCUT2D eigenvalue weighted by atomic mass is 16.5. The van der Waals surface area contributed by atoms with Crippen molar-refractivity contribution in [2.24, 2.45) is 16.6 Å². The van der Waals surface area contributed by atoms with Crippen LogP contribution in [0.1, 0.15) is 27.7 Å². The lowest BCUT2D eigenvalue weighted by Gasteiger charge is -2.38. The predicted molar refractivity (Wildman–Crippen MR) is 114 cm³/mol. The lowest BCUT2D eigenvalue weighted by Crippen LogP contribution is -2.45. The van der Waals surface area contributed by atoms with Crippen LogP contribution >= 0.6 is 0 Å². The Morgan fingerprint density at radius 2 is 2.00 bits per heavy atom. The number of nitrogens with one attached hydrogen (secondary N) is 3.